The maximum atomic E-state index is 11.4. The molecule has 1 aliphatic heterocycles. The summed E-state index contributed by atoms with van der Waals surface area (Å²) in [5, 5.41) is 0.747. The van der Waals surface area contributed by atoms with Crippen molar-refractivity contribution in [2.75, 3.05) is 5.75 Å². The first-order valence-corrected chi connectivity index (χ1v) is 6.10. The van der Waals surface area contributed by atoms with Gasteiger partial charge in [0.1, 0.15) is 5.78 Å². The minimum Gasteiger partial charge on any atom is -0.300 e. The molecule has 0 amide bonds. The lowest BCUT2D eigenvalue weighted by Gasteiger charge is -2.30. The Hall–Kier alpha value is -0.240. The first-order chi connectivity index (χ1) is 6.25. The maximum Gasteiger partial charge on any atom is 0.134 e. The smallest absolute Gasteiger partial charge is 0.134 e. The van der Waals surface area contributed by atoms with Gasteiger partial charge in [0, 0.05) is 23.8 Å². The average Bonchev–Trinajstić information content (AvgIpc) is 2.25. The number of ketones is 1. The Morgan fingerprint density at radius 2 is 2.15 bits per heavy atom. The van der Waals surface area contributed by atoms with Crippen molar-refractivity contribution < 1.29 is 4.79 Å². The molecule has 2 unspecified atom stereocenters. The van der Waals surface area contributed by atoms with Crippen molar-refractivity contribution in [3.05, 3.63) is 12.2 Å². The van der Waals surface area contributed by atoms with Gasteiger partial charge in [0.05, 0.1) is 0 Å². The van der Waals surface area contributed by atoms with Gasteiger partial charge < -0.3 is 0 Å². The minimum atomic E-state index is 0.467. The average molecular weight is 196 g/mol. The van der Waals surface area contributed by atoms with E-state index < -0.39 is 0 Å². The molecular weight excluding hydrogens is 180 g/mol. The monoisotopic (exact) mass is 196 g/mol. The molecule has 0 aromatic heterocycles. The summed E-state index contributed by atoms with van der Waals surface area (Å²) in [5.74, 6) is 2.13. The van der Waals surface area contributed by atoms with Crippen LogP contribution in [0, 0.1) is 5.92 Å². The van der Waals surface area contributed by atoms with Gasteiger partial charge in [0.2, 0.25) is 0 Å². The molecule has 0 aromatic carbocycles. The fourth-order valence-corrected chi connectivity index (χ4v) is 3.73. The lowest BCUT2D eigenvalue weighted by atomic mass is 9.82. The SMILES string of the molecule is C=C1CCC2SCCC(=O)CC2C1. The first kappa shape index (κ1) is 9.32. The van der Waals surface area contributed by atoms with E-state index in [-0.39, 0.29) is 0 Å². The highest BCUT2D eigenvalue weighted by Crippen LogP contribution is 2.39. The number of hydrogen-bond donors (Lipinski definition) is 0. The van der Waals surface area contributed by atoms with Gasteiger partial charge in [-0.25, -0.2) is 0 Å². The maximum absolute atomic E-state index is 11.4. The lowest BCUT2D eigenvalue weighted by molar-refractivity contribution is -0.119. The molecular formula is C11H16OS. The summed E-state index contributed by atoms with van der Waals surface area (Å²) in [6.45, 7) is 4.04. The second-order valence-corrected chi connectivity index (χ2v) is 5.50. The summed E-state index contributed by atoms with van der Waals surface area (Å²) in [4.78, 5) is 11.4. The number of thioether (sulfide) groups is 1. The van der Waals surface area contributed by atoms with Gasteiger partial charge in [-0.2, -0.15) is 11.8 Å². The second-order valence-electron chi connectivity index (χ2n) is 4.15. The minimum absolute atomic E-state index is 0.467. The molecule has 0 N–H and O–H groups in total. The van der Waals surface area contributed by atoms with E-state index >= 15 is 0 Å². The molecule has 0 aromatic rings. The van der Waals surface area contributed by atoms with Gasteiger partial charge >= 0.3 is 0 Å². The van der Waals surface area contributed by atoms with E-state index in [1.54, 1.807) is 0 Å². The normalized spacial score (nSPS) is 35.4. The van der Waals surface area contributed by atoms with Crippen molar-refractivity contribution in [1.29, 1.82) is 0 Å². The third-order valence-corrected chi connectivity index (χ3v) is 4.55. The third kappa shape index (κ3) is 2.16. The molecule has 0 radical (unpaired) electrons. The lowest BCUT2D eigenvalue weighted by Crippen LogP contribution is -2.23. The molecule has 2 fully saturated rings. The van der Waals surface area contributed by atoms with E-state index in [1.165, 1.54) is 18.4 Å². The fraction of sp³-hybridized carbons (Fsp3) is 0.727. The van der Waals surface area contributed by atoms with Gasteiger partial charge in [0.25, 0.3) is 0 Å². The summed E-state index contributed by atoms with van der Waals surface area (Å²) in [5.41, 5.74) is 1.36. The molecule has 13 heavy (non-hydrogen) atoms. The molecule has 2 rings (SSSR count). The van der Waals surface area contributed by atoms with Crippen molar-refractivity contribution >= 4 is 17.5 Å². The van der Waals surface area contributed by atoms with Crippen molar-refractivity contribution in [2.45, 2.75) is 37.4 Å². The van der Waals surface area contributed by atoms with Crippen LogP contribution in [0.5, 0.6) is 0 Å². The molecule has 1 aliphatic carbocycles. The number of rotatable bonds is 0. The van der Waals surface area contributed by atoms with Crippen LogP contribution < -0.4 is 0 Å². The van der Waals surface area contributed by atoms with Crippen LogP contribution in [0.25, 0.3) is 0 Å². The van der Waals surface area contributed by atoms with E-state index in [9.17, 15) is 4.79 Å². The second kappa shape index (κ2) is 3.87. The van der Waals surface area contributed by atoms with Crippen molar-refractivity contribution in [3.8, 4) is 0 Å². The summed E-state index contributed by atoms with van der Waals surface area (Å²) in [7, 11) is 0. The summed E-state index contributed by atoms with van der Waals surface area (Å²) in [6.07, 6.45) is 5.15. The van der Waals surface area contributed by atoms with Crippen molar-refractivity contribution in [1.82, 2.24) is 0 Å². The summed E-state index contributed by atoms with van der Waals surface area (Å²) < 4.78 is 0. The van der Waals surface area contributed by atoms with Gasteiger partial charge in [0.15, 0.2) is 0 Å². The van der Waals surface area contributed by atoms with Crippen molar-refractivity contribution in [2.24, 2.45) is 5.92 Å². The molecule has 1 nitrogen and oxygen atoms in total. The van der Waals surface area contributed by atoms with Crippen LogP contribution in [-0.4, -0.2) is 16.8 Å². The number of carbonyl (C=O) groups excluding carboxylic acids is 1. The zero-order valence-corrected chi connectivity index (χ0v) is 8.74. The zero-order chi connectivity index (χ0) is 9.26. The highest BCUT2D eigenvalue weighted by Gasteiger charge is 2.30. The number of carbonyl (C=O) groups is 1. The van der Waals surface area contributed by atoms with E-state index in [0.29, 0.717) is 11.7 Å². The molecule has 0 spiro atoms. The Bertz CT molecular complexity index is 234. The quantitative estimate of drug-likeness (QED) is 0.554. The molecule has 2 heteroatoms. The fourth-order valence-electron chi connectivity index (χ4n) is 2.33. The Kier molecular flexibility index (Phi) is 2.77. The molecule has 1 heterocycles. The molecule has 0 bridgehead atoms. The standard InChI is InChI=1S/C11H16OS/c1-8-2-3-11-9(6-8)7-10(12)4-5-13-11/h9,11H,1-7H2. The largest absolute Gasteiger partial charge is 0.300 e. The number of allylic oxidation sites excluding steroid dienone is 1. The topological polar surface area (TPSA) is 17.1 Å². The predicted molar refractivity (Wildman–Crippen MR) is 57.0 cm³/mol. The van der Waals surface area contributed by atoms with Gasteiger partial charge in [-0.15, -0.1) is 0 Å². The molecule has 1 saturated carbocycles. The van der Waals surface area contributed by atoms with Crippen LogP contribution in [0.3, 0.4) is 0 Å². The molecule has 2 atom stereocenters. The van der Waals surface area contributed by atoms with Crippen LogP contribution in [0.1, 0.15) is 32.1 Å². The van der Waals surface area contributed by atoms with Crippen LogP contribution in [0.15, 0.2) is 12.2 Å². The molecule has 72 valence electrons. The Labute approximate surface area is 84.0 Å². The van der Waals surface area contributed by atoms with Gasteiger partial charge in [-0.05, 0) is 25.2 Å². The van der Waals surface area contributed by atoms with Gasteiger partial charge in [-0.1, -0.05) is 12.2 Å². The first-order valence-electron chi connectivity index (χ1n) is 5.05. The number of hydrogen-bond acceptors (Lipinski definition) is 2. The predicted octanol–water partition coefficient (Wildman–Crippen LogP) is 2.81. The van der Waals surface area contributed by atoms with Crippen LogP contribution in [-0.2, 0) is 4.79 Å². The molecule has 1 saturated heterocycles. The Morgan fingerprint density at radius 3 is 3.00 bits per heavy atom. The third-order valence-electron chi connectivity index (χ3n) is 3.06. The van der Waals surface area contributed by atoms with Crippen LogP contribution in [0.2, 0.25) is 0 Å². The Morgan fingerprint density at radius 1 is 1.31 bits per heavy atom. The van der Waals surface area contributed by atoms with E-state index in [1.807, 2.05) is 11.8 Å². The van der Waals surface area contributed by atoms with Crippen LogP contribution >= 0.6 is 11.8 Å². The van der Waals surface area contributed by atoms with E-state index in [4.69, 9.17) is 0 Å². The summed E-state index contributed by atoms with van der Waals surface area (Å²) >= 11 is 2.01. The van der Waals surface area contributed by atoms with Crippen molar-refractivity contribution in [3.63, 3.8) is 0 Å². The highest BCUT2D eigenvalue weighted by atomic mass is 32.2. The van der Waals surface area contributed by atoms with Crippen LogP contribution in [0.4, 0.5) is 0 Å². The summed E-state index contributed by atoms with van der Waals surface area (Å²) in [6, 6.07) is 0. The van der Waals surface area contributed by atoms with Gasteiger partial charge in [-0.3, -0.25) is 4.79 Å². The number of Topliss-reactive ketones (excluding diaryl/α,β-unsaturated/α-hetero) is 1. The van der Waals surface area contributed by atoms with E-state index in [2.05, 4.69) is 6.58 Å². The van der Waals surface area contributed by atoms with E-state index in [0.717, 1.165) is 30.3 Å². The zero-order valence-electron chi connectivity index (χ0n) is 7.92. The highest BCUT2D eigenvalue weighted by molar-refractivity contribution is 7.99. The Balaban J connectivity index is 2.05. The molecule has 2 aliphatic rings. The number of fused-ring (bicyclic) bond motifs is 1.